The van der Waals surface area contributed by atoms with Crippen LogP contribution in [0.5, 0.6) is 0 Å². The Morgan fingerprint density at radius 3 is 2.03 bits per heavy atom. The molecule has 1 saturated heterocycles. The molecular formula is C30H37N. The van der Waals surface area contributed by atoms with Crippen LogP contribution in [0.2, 0.25) is 0 Å². The van der Waals surface area contributed by atoms with Gasteiger partial charge in [0, 0.05) is 18.8 Å². The standard InChI is InChI=1S/C30H37N/c1-21(2)28-12-11-13-29(24(28)6)25(7)30(22(3)4)20-23(5)26-14-16-27(17-15-26)31-18-9-8-10-19-31/h11-17,20H,1,7-10,18-19H2,2-6H3/b23-20+. The van der Waals surface area contributed by atoms with E-state index in [0.29, 0.717) is 0 Å². The van der Waals surface area contributed by atoms with Crippen LogP contribution in [0, 0.1) is 6.92 Å². The molecule has 0 radical (unpaired) electrons. The van der Waals surface area contributed by atoms with Crippen LogP contribution in [0.15, 0.2) is 72.8 Å². The number of hydrogen-bond donors (Lipinski definition) is 0. The van der Waals surface area contributed by atoms with E-state index in [4.69, 9.17) is 0 Å². The zero-order chi connectivity index (χ0) is 22.5. The van der Waals surface area contributed by atoms with Crippen molar-refractivity contribution in [1.82, 2.24) is 0 Å². The zero-order valence-electron chi connectivity index (χ0n) is 20.0. The molecule has 0 aromatic heterocycles. The molecule has 0 bridgehead atoms. The summed E-state index contributed by atoms with van der Waals surface area (Å²) < 4.78 is 0. The Balaban J connectivity index is 1.89. The molecule has 2 aromatic rings. The van der Waals surface area contributed by atoms with Gasteiger partial charge >= 0.3 is 0 Å². The van der Waals surface area contributed by atoms with E-state index < -0.39 is 0 Å². The molecule has 0 aliphatic carbocycles. The van der Waals surface area contributed by atoms with Gasteiger partial charge in [0.05, 0.1) is 0 Å². The lowest BCUT2D eigenvalue weighted by Gasteiger charge is -2.28. The van der Waals surface area contributed by atoms with E-state index >= 15 is 0 Å². The summed E-state index contributed by atoms with van der Waals surface area (Å²) in [7, 11) is 0. The van der Waals surface area contributed by atoms with Crippen LogP contribution in [0.4, 0.5) is 5.69 Å². The van der Waals surface area contributed by atoms with Gasteiger partial charge in [0.2, 0.25) is 0 Å². The minimum Gasteiger partial charge on any atom is -0.372 e. The van der Waals surface area contributed by atoms with E-state index in [1.165, 1.54) is 77.0 Å². The highest BCUT2D eigenvalue weighted by molar-refractivity contribution is 5.87. The third kappa shape index (κ3) is 5.28. The molecule has 1 nitrogen and oxygen atoms in total. The normalized spacial score (nSPS) is 14.4. The maximum absolute atomic E-state index is 4.49. The van der Waals surface area contributed by atoms with Gasteiger partial charge in [-0.3, -0.25) is 0 Å². The van der Waals surface area contributed by atoms with Gasteiger partial charge in [0.25, 0.3) is 0 Å². The summed E-state index contributed by atoms with van der Waals surface area (Å²) in [5.41, 5.74) is 12.2. The van der Waals surface area contributed by atoms with Crippen LogP contribution in [0.25, 0.3) is 16.7 Å². The fourth-order valence-electron chi connectivity index (χ4n) is 4.49. The Kier molecular flexibility index (Phi) is 7.38. The predicted molar refractivity (Wildman–Crippen MR) is 139 cm³/mol. The van der Waals surface area contributed by atoms with Gasteiger partial charge in [-0.05, 0) is 105 Å². The van der Waals surface area contributed by atoms with Crippen molar-refractivity contribution in [3.05, 3.63) is 95.1 Å². The van der Waals surface area contributed by atoms with Crippen molar-refractivity contribution in [1.29, 1.82) is 0 Å². The molecule has 0 atom stereocenters. The van der Waals surface area contributed by atoms with Crippen molar-refractivity contribution in [2.45, 2.75) is 53.9 Å². The van der Waals surface area contributed by atoms with E-state index in [2.05, 4.69) is 101 Å². The lowest BCUT2D eigenvalue weighted by Crippen LogP contribution is -2.29. The molecule has 0 amide bonds. The van der Waals surface area contributed by atoms with Gasteiger partial charge in [-0.25, -0.2) is 0 Å². The van der Waals surface area contributed by atoms with E-state index in [0.717, 1.165) is 11.1 Å². The molecule has 162 valence electrons. The molecule has 1 heteroatoms. The van der Waals surface area contributed by atoms with Crippen molar-refractivity contribution in [3.8, 4) is 0 Å². The fraction of sp³-hybridized carbons (Fsp3) is 0.333. The van der Waals surface area contributed by atoms with Gasteiger partial charge in [-0.1, -0.05) is 60.7 Å². The number of nitrogens with zero attached hydrogens (tertiary/aromatic N) is 1. The number of allylic oxidation sites excluding steroid dienone is 6. The SMILES string of the molecule is C=C(C)c1cccc(C(=C)C(/C=C(\C)c2ccc(N3CCCCC3)cc2)=C(C)C)c1C. The maximum atomic E-state index is 4.49. The van der Waals surface area contributed by atoms with Gasteiger partial charge < -0.3 is 4.90 Å². The maximum Gasteiger partial charge on any atom is 0.0366 e. The van der Waals surface area contributed by atoms with Crippen molar-refractivity contribution in [2.75, 3.05) is 18.0 Å². The first-order valence-electron chi connectivity index (χ1n) is 11.5. The second kappa shape index (κ2) is 10.0. The average molecular weight is 412 g/mol. The Bertz CT molecular complexity index is 1020. The first-order valence-corrected chi connectivity index (χ1v) is 11.5. The van der Waals surface area contributed by atoms with Crippen LogP contribution in [-0.2, 0) is 0 Å². The molecule has 0 saturated carbocycles. The van der Waals surface area contributed by atoms with Crippen molar-refractivity contribution in [2.24, 2.45) is 0 Å². The number of benzene rings is 2. The Labute approximate surface area is 189 Å². The predicted octanol–water partition coefficient (Wildman–Crippen LogP) is 8.47. The van der Waals surface area contributed by atoms with Gasteiger partial charge in [0.1, 0.15) is 0 Å². The van der Waals surface area contributed by atoms with Crippen LogP contribution >= 0.6 is 0 Å². The van der Waals surface area contributed by atoms with E-state index in [9.17, 15) is 0 Å². The highest BCUT2D eigenvalue weighted by Crippen LogP contribution is 2.33. The topological polar surface area (TPSA) is 3.24 Å². The van der Waals surface area contributed by atoms with Gasteiger partial charge in [0.15, 0.2) is 0 Å². The number of piperidine rings is 1. The summed E-state index contributed by atoms with van der Waals surface area (Å²) in [5.74, 6) is 0. The first-order chi connectivity index (χ1) is 14.8. The average Bonchev–Trinajstić information content (AvgIpc) is 2.77. The summed E-state index contributed by atoms with van der Waals surface area (Å²) in [5, 5.41) is 0. The van der Waals surface area contributed by atoms with E-state index in [-0.39, 0.29) is 0 Å². The Hall–Kier alpha value is -2.80. The summed E-state index contributed by atoms with van der Waals surface area (Å²) in [6.45, 7) is 21.8. The van der Waals surface area contributed by atoms with Crippen molar-refractivity contribution < 1.29 is 0 Å². The molecule has 0 unspecified atom stereocenters. The third-order valence-electron chi connectivity index (χ3n) is 6.39. The van der Waals surface area contributed by atoms with E-state index in [1.54, 1.807) is 0 Å². The molecule has 1 aliphatic heterocycles. The molecule has 1 fully saturated rings. The fourth-order valence-corrected chi connectivity index (χ4v) is 4.49. The monoisotopic (exact) mass is 411 g/mol. The minimum absolute atomic E-state index is 1.07. The summed E-state index contributed by atoms with van der Waals surface area (Å²) in [6.07, 6.45) is 6.26. The molecule has 0 N–H and O–H groups in total. The molecule has 0 spiro atoms. The minimum atomic E-state index is 1.07. The van der Waals surface area contributed by atoms with Crippen LogP contribution in [0.3, 0.4) is 0 Å². The molecule has 2 aromatic carbocycles. The second-order valence-corrected chi connectivity index (χ2v) is 9.07. The quantitative estimate of drug-likeness (QED) is 0.431. The van der Waals surface area contributed by atoms with Crippen molar-refractivity contribution in [3.63, 3.8) is 0 Å². The van der Waals surface area contributed by atoms with Crippen LogP contribution in [-0.4, -0.2) is 13.1 Å². The molecule has 3 rings (SSSR count). The van der Waals surface area contributed by atoms with Gasteiger partial charge in [-0.15, -0.1) is 0 Å². The van der Waals surface area contributed by atoms with Crippen molar-refractivity contribution >= 4 is 22.4 Å². The highest BCUT2D eigenvalue weighted by Gasteiger charge is 2.13. The zero-order valence-corrected chi connectivity index (χ0v) is 20.0. The van der Waals surface area contributed by atoms with Gasteiger partial charge in [-0.2, -0.15) is 0 Å². The first kappa shape index (κ1) is 22.9. The number of rotatable bonds is 6. The molecule has 1 aliphatic rings. The lowest BCUT2D eigenvalue weighted by atomic mass is 9.88. The lowest BCUT2D eigenvalue weighted by molar-refractivity contribution is 0.578. The number of hydrogen-bond acceptors (Lipinski definition) is 1. The van der Waals surface area contributed by atoms with Crippen LogP contribution < -0.4 is 4.90 Å². The smallest absolute Gasteiger partial charge is 0.0366 e. The second-order valence-electron chi connectivity index (χ2n) is 9.07. The van der Waals surface area contributed by atoms with Crippen LogP contribution in [0.1, 0.15) is 69.2 Å². The highest BCUT2D eigenvalue weighted by atomic mass is 15.1. The summed E-state index contributed by atoms with van der Waals surface area (Å²) in [4.78, 5) is 2.51. The van der Waals surface area contributed by atoms with E-state index in [1.807, 2.05) is 0 Å². The summed E-state index contributed by atoms with van der Waals surface area (Å²) in [6, 6.07) is 15.5. The number of anilines is 1. The summed E-state index contributed by atoms with van der Waals surface area (Å²) >= 11 is 0. The Morgan fingerprint density at radius 1 is 0.839 bits per heavy atom. The Morgan fingerprint density at radius 2 is 1.45 bits per heavy atom. The molecular weight excluding hydrogens is 374 g/mol. The third-order valence-corrected chi connectivity index (χ3v) is 6.39. The molecule has 31 heavy (non-hydrogen) atoms. The molecule has 1 heterocycles. The largest absolute Gasteiger partial charge is 0.372 e.